The van der Waals surface area contributed by atoms with Crippen molar-refractivity contribution in [1.29, 1.82) is 0 Å². The van der Waals surface area contributed by atoms with Crippen LogP contribution in [-0.4, -0.2) is 41.0 Å². The minimum absolute atomic E-state index is 0.0444. The molecule has 0 atom stereocenters. The summed E-state index contributed by atoms with van der Waals surface area (Å²) in [4.78, 5) is 16.6. The van der Waals surface area contributed by atoms with E-state index in [4.69, 9.17) is 5.73 Å². The standard InChI is InChI=1S/C12H21N5O2/c1-3-16(4-2)9-5-8-14-12-10(17(18)19)6-7-11(13)15-12/h6-7H,3-5,8-9H2,1-2H3,(H3,13,14,15). The molecule has 19 heavy (non-hydrogen) atoms. The highest BCUT2D eigenvalue weighted by molar-refractivity contribution is 5.59. The van der Waals surface area contributed by atoms with Crippen LogP contribution in [0.25, 0.3) is 0 Å². The fourth-order valence-electron chi connectivity index (χ4n) is 1.79. The second-order valence-corrected chi connectivity index (χ2v) is 4.17. The molecule has 0 aromatic carbocycles. The molecule has 0 aliphatic rings. The SMILES string of the molecule is CCN(CC)CCCNc1nc(N)ccc1[N+](=O)[O-]. The first-order chi connectivity index (χ1) is 9.08. The number of nitrogens with two attached hydrogens (primary N) is 1. The van der Waals surface area contributed by atoms with Crippen LogP contribution in [0.2, 0.25) is 0 Å². The van der Waals surface area contributed by atoms with E-state index in [1.165, 1.54) is 12.1 Å². The number of nitrogens with zero attached hydrogens (tertiary/aromatic N) is 3. The lowest BCUT2D eigenvalue weighted by Crippen LogP contribution is -2.25. The summed E-state index contributed by atoms with van der Waals surface area (Å²) in [5.41, 5.74) is 5.50. The van der Waals surface area contributed by atoms with Crippen molar-refractivity contribution in [3.8, 4) is 0 Å². The average molecular weight is 267 g/mol. The van der Waals surface area contributed by atoms with Gasteiger partial charge in [0.1, 0.15) is 5.82 Å². The molecule has 1 aromatic rings. The topological polar surface area (TPSA) is 97.3 Å². The fourth-order valence-corrected chi connectivity index (χ4v) is 1.79. The number of hydrogen-bond donors (Lipinski definition) is 2. The van der Waals surface area contributed by atoms with Crippen molar-refractivity contribution in [1.82, 2.24) is 9.88 Å². The van der Waals surface area contributed by atoms with E-state index in [0.29, 0.717) is 6.54 Å². The monoisotopic (exact) mass is 267 g/mol. The first-order valence-corrected chi connectivity index (χ1v) is 6.45. The highest BCUT2D eigenvalue weighted by Gasteiger charge is 2.14. The van der Waals surface area contributed by atoms with Gasteiger partial charge in [-0.25, -0.2) is 4.98 Å². The number of rotatable bonds is 8. The molecule has 0 aliphatic carbocycles. The van der Waals surface area contributed by atoms with E-state index < -0.39 is 4.92 Å². The second-order valence-electron chi connectivity index (χ2n) is 4.17. The van der Waals surface area contributed by atoms with Gasteiger partial charge in [-0.2, -0.15) is 0 Å². The molecular weight excluding hydrogens is 246 g/mol. The molecule has 7 heteroatoms. The van der Waals surface area contributed by atoms with Gasteiger partial charge < -0.3 is 16.0 Å². The first kappa shape index (κ1) is 15.2. The Hall–Kier alpha value is -1.89. The van der Waals surface area contributed by atoms with Gasteiger partial charge in [0.15, 0.2) is 0 Å². The van der Waals surface area contributed by atoms with Crippen LogP contribution in [0.15, 0.2) is 12.1 Å². The van der Waals surface area contributed by atoms with E-state index in [9.17, 15) is 10.1 Å². The van der Waals surface area contributed by atoms with Gasteiger partial charge in [0, 0.05) is 12.6 Å². The van der Waals surface area contributed by atoms with Gasteiger partial charge in [-0.15, -0.1) is 0 Å². The molecule has 1 heterocycles. The second kappa shape index (κ2) is 7.52. The largest absolute Gasteiger partial charge is 0.384 e. The van der Waals surface area contributed by atoms with E-state index in [-0.39, 0.29) is 17.3 Å². The molecule has 0 saturated carbocycles. The lowest BCUT2D eigenvalue weighted by atomic mass is 10.3. The highest BCUT2D eigenvalue weighted by Crippen LogP contribution is 2.22. The zero-order valence-electron chi connectivity index (χ0n) is 11.4. The fraction of sp³-hybridized carbons (Fsp3) is 0.583. The van der Waals surface area contributed by atoms with E-state index in [2.05, 4.69) is 29.0 Å². The van der Waals surface area contributed by atoms with E-state index in [1.54, 1.807) is 0 Å². The maximum Gasteiger partial charge on any atom is 0.311 e. The molecule has 0 aliphatic heterocycles. The van der Waals surface area contributed by atoms with Crippen molar-refractivity contribution in [3.05, 3.63) is 22.2 Å². The van der Waals surface area contributed by atoms with Crippen molar-refractivity contribution in [2.24, 2.45) is 0 Å². The Kier molecular flexibility index (Phi) is 6.01. The molecule has 7 nitrogen and oxygen atoms in total. The van der Waals surface area contributed by atoms with Gasteiger partial charge >= 0.3 is 5.69 Å². The third kappa shape index (κ3) is 4.70. The van der Waals surface area contributed by atoms with Crippen LogP contribution in [0.3, 0.4) is 0 Å². The maximum atomic E-state index is 10.8. The highest BCUT2D eigenvalue weighted by atomic mass is 16.6. The molecule has 0 unspecified atom stereocenters. The van der Waals surface area contributed by atoms with Crippen molar-refractivity contribution in [2.75, 3.05) is 37.2 Å². The molecular formula is C12H21N5O2. The lowest BCUT2D eigenvalue weighted by molar-refractivity contribution is -0.384. The first-order valence-electron chi connectivity index (χ1n) is 6.45. The summed E-state index contributed by atoms with van der Waals surface area (Å²) in [6.45, 7) is 7.83. The van der Waals surface area contributed by atoms with Gasteiger partial charge in [-0.1, -0.05) is 13.8 Å². The van der Waals surface area contributed by atoms with Crippen LogP contribution in [0.5, 0.6) is 0 Å². The number of pyridine rings is 1. The molecule has 0 saturated heterocycles. The van der Waals surface area contributed by atoms with Crippen molar-refractivity contribution < 1.29 is 4.92 Å². The lowest BCUT2D eigenvalue weighted by Gasteiger charge is -2.17. The number of anilines is 2. The number of nitrogens with one attached hydrogen (secondary N) is 1. The van der Waals surface area contributed by atoms with E-state index in [0.717, 1.165) is 26.1 Å². The minimum atomic E-state index is -0.459. The quantitative estimate of drug-likeness (QED) is 0.423. The molecule has 0 amide bonds. The number of nitrogen functional groups attached to an aromatic ring is 1. The van der Waals surface area contributed by atoms with Crippen molar-refractivity contribution >= 4 is 17.3 Å². The summed E-state index contributed by atoms with van der Waals surface area (Å²) in [5.74, 6) is 0.515. The summed E-state index contributed by atoms with van der Waals surface area (Å²) < 4.78 is 0. The third-order valence-electron chi connectivity index (χ3n) is 2.93. The minimum Gasteiger partial charge on any atom is -0.384 e. The molecule has 106 valence electrons. The Morgan fingerprint density at radius 2 is 2.11 bits per heavy atom. The third-order valence-corrected chi connectivity index (χ3v) is 2.93. The Morgan fingerprint density at radius 1 is 1.42 bits per heavy atom. The predicted molar refractivity (Wildman–Crippen MR) is 76.2 cm³/mol. The van der Waals surface area contributed by atoms with Crippen molar-refractivity contribution in [2.45, 2.75) is 20.3 Å². The molecule has 0 fully saturated rings. The Morgan fingerprint density at radius 3 is 2.68 bits per heavy atom. The van der Waals surface area contributed by atoms with Crippen molar-refractivity contribution in [3.63, 3.8) is 0 Å². The van der Waals surface area contributed by atoms with E-state index >= 15 is 0 Å². The molecule has 1 rings (SSSR count). The van der Waals surface area contributed by atoms with Gasteiger partial charge in [0.25, 0.3) is 0 Å². The summed E-state index contributed by atoms with van der Waals surface area (Å²) in [7, 11) is 0. The molecule has 0 radical (unpaired) electrons. The zero-order valence-corrected chi connectivity index (χ0v) is 11.4. The van der Waals surface area contributed by atoms with Gasteiger partial charge in [0.05, 0.1) is 4.92 Å². The van der Waals surface area contributed by atoms with Crippen LogP contribution < -0.4 is 11.1 Å². The summed E-state index contributed by atoms with van der Waals surface area (Å²) >= 11 is 0. The smallest absolute Gasteiger partial charge is 0.311 e. The number of nitro groups is 1. The van der Waals surface area contributed by atoms with Crippen LogP contribution in [0.1, 0.15) is 20.3 Å². The predicted octanol–water partition coefficient (Wildman–Crippen LogP) is 1.72. The maximum absolute atomic E-state index is 10.8. The number of hydrogen-bond acceptors (Lipinski definition) is 6. The molecule has 0 spiro atoms. The Bertz CT molecular complexity index is 421. The Labute approximate surface area is 113 Å². The van der Waals surface area contributed by atoms with Gasteiger partial charge in [-0.3, -0.25) is 10.1 Å². The van der Waals surface area contributed by atoms with Crippen LogP contribution in [0.4, 0.5) is 17.3 Å². The summed E-state index contributed by atoms with van der Waals surface area (Å²) in [6.07, 6.45) is 0.898. The molecule has 0 bridgehead atoms. The normalized spacial score (nSPS) is 10.7. The van der Waals surface area contributed by atoms with Gasteiger partial charge in [-0.05, 0) is 32.1 Å². The molecule has 3 N–H and O–H groups in total. The average Bonchev–Trinajstić information content (AvgIpc) is 2.38. The zero-order chi connectivity index (χ0) is 14.3. The number of aromatic nitrogens is 1. The van der Waals surface area contributed by atoms with E-state index in [1.807, 2.05) is 0 Å². The summed E-state index contributed by atoms with van der Waals surface area (Å²) in [6, 6.07) is 2.80. The van der Waals surface area contributed by atoms with Crippen LogP contribution >= 0.6 is 0 Å². The molecule has 1 aromatic heterocycles. The summed E-state index contributed by atoms with van der Waals surface area (Å²) in [5, 5.41) is 13.8. The van der Waals surface area contributed by atoms with Crippen LogP contribution in [-0.2, 0) is 0 Å². The Balaban J connectivity index is 2.53. The van der Waals surface area contributed by atoms with Gasteiger partial charge in [0.2, 0.25) is 5.82 Å². The van der Waals surface area contributed by atoms with Crippen LogP contribution in [0, 0.1) is 10.1 Å².